The topological polar surface area (TPSA) is 104 Å². The van der Waals surface area contributed by atoms with Gasteiger partial charge in [-0.2, -0.15) is 5.26 Å². The summed E-state index contributed by atoms with van der Waals surface area (Å²) in [6, 6.07) is 12.9. The van der Waals surface area contributed by atoms with E-state index in [9.17, 15) is 14.4 Å². The molecule has 1 aromatic heterocycles. The van der Waals surface area contributed by atoms with Gasteiger partial charge in [0, 0.05) is 55.6 Å². The number of piperidine rings is 1. The highest BCUT2D eigenvalue weighted by atomic mass is 19.1. The zero-order valence-corrected chi connectivity index (χ0v) is 23.7. The zero-order valence-electron chi connectivity index (χ0n) is 23.7. The lowest BCUT2D eigenvalue weighted by Crippen LogP contribution is -2.48. The van der Waals surface area contributed by atoms with E-state index in [1.165, 1.54) is 18.5 Å². The van der Waals surface area contributed by atoms with Crippen molar-refractivity contribution >= 4 is 11.6 Å². The minimum absolute atomic E-state index is 0.140. The molecule has 3 heterocycles. The number of aromatic nitrogens is 2. The Bertz CT molecular complexity index is 1430. The van der Waals surface area contributed by atoms with Gasteiger partial charge >= 0.3 is 0 Å². The summed E-state index contributed by atoms with van der Waals surface area (Å²) >= 11 is 0. The summed E-state index contributed by atoms with van der Waals surface area (Å²) in [5.41, 5.74) is 3.75. The predicted molar refractivity (Wildman–Crippen MR) is 152 cm³/mol. The van der Waals surface area contributed by atoms with Crippen LogP contribution in [0, 0.1) is 31.0 Å². The second-order valence-corrected chi connectivity index (χ2v) is 10.7. The van der Waals surface area contributed by atoms with Crippen molar-refractivity contribution in [3.05, 3.63) is 76.6 Å². The van der Waals surface area contributed by atoms with Gasteiger partial charge in [0.05, 0.1) is 28.6 Å². The molecule has 1 atom stereocenters. The SMILES string of the molecule is Cc1ncnc(C)c1C(=O)NCCC(C)N1CCC(N(Cc2cc(C#N)ccc2F)c2ccc3c(c2)OCO3)CC1. The normalized spacial score (nSPS) is 15.8. The second-order valence-electron chi connectivity index (χ2n) is 10.7. The highest BCUT2D eigenvalue weighted by Crippen LogP contribution is 2.37. The van der Waals surface area contributed by atoms with Gasteiger partial charge in [-0.15, -0.1) is 0 Å². The number of carbonyl (C=O) groups excluding carboxylic acids is 1. The molecule has 5 rings (SSSR count). The molecule has 1 N–H and O–H groups in total. The second kappa shape index (κ2) is 12.5. The molecule has 1 fully saturated rings. The largest absolute Gasteiger partial charge is 0.454 e. The molecule has 2 aliphatic rings. The summed E-state index contributed by atoms with van der Waals surface area (Å²) < 4.78 is 26.0. The molecule has 41 heavy (non-hydrogen) atoms. The standard InChI is InChI=1S/C31H35FN6O3/c1-20(8-11-34-31(39)30-21(2)35-18-36-22(30)3)37-12-9-25(10-13-37)38(17-24-14-23(16-33)4-6-27(24)32)26-5-7-28-29(15-26)41-19-40-28/h4-7,14-15,18,20,25H,8-13,17,19H2,1-3H3,(H,34,39). The van der Waals surface area contributed by atoms with E-state index in [1.807, 2.05) is 32.0 Å². The van der Waals surface area contributed by atoms with Gasteiger partial charge in [0.15, 0.2) is 11.5 Å². The van der Waals surface area contributed by atoms with Gasteiger partial charge in [-0.1, -0.05) is 0 Å². The van der Waals surface area contributed by atoms with E-state index in [1.54, 1.807) is 6.07 Å². The molecule has 1 amide bonds. The highest BCUT2D eigenvalue weighted by Gasteiger charge is 2.29. The number of hydrogen-bond acceptors (Lipinski definition) is 8. The Morgan fingerprint density at radius 3 is 2.61 bits per heavy atom. The fourth-order valence-electron chi connectivity index (χ4n) is 5.67. The Morgan fingerprint density at radius 2 is 1.88 bits per heavy atom. The summed E-state index contributed by atoms with van der Waals surface area (Å²) in [4.78, 5) is 25.7. The zero-order chi connectivity index (χ0) is 28.9. The van der Waals surface area contributed by atoms with E-state index in [-0.39, 0.29) is 30.6 Å². The molecular formula is C31H35FN6O3. The molecule has 9 nitrogen and oxygen atoms in total. The van der Waals surface area contributed by atoms with Crippen molar-refractivity contribution in [1.29, 1.82) is 5.26 Å². The molecule has 0 radical (unpaired) electrons. The lowest BCUT2D eigenvalue weighted by Gasteiger charge is -2.42. The van der Waals surface area contributed by atoms with Crippen LogP contribution >= 0.6 is 0 Å². The van der Waals surface area contributed by atoms with Gasteiger partial charge in [0.2, 0.25) is 6.79 Å². The van der Waals surface area contributed by atoms with Crippen LogP contribution in [0.4, 0.5) is 10.1 Å². The van der Waals surface area contributed by atoms with Crippen LogP contribution in [0.3, 0.4) is 0 Å². The first-order valence-electron chi connectivity index (χ1n) is 14.0. The van der Waals surface area contributed by atoms with Crippen LogP contribution in [-0.4, -0.2) is 59.3 Å². The van der Waals surface area contributed by atoms with Gasteiger partial charge in [0.1, 0.15) is 12.1 Å². The Morgan fingerprint density at radius 1 is 1.15 bits per heavy atom. The molecule has 1 saturated heterocycles. The maximum absolute atomic E-state index is 14.8. The van der Waals surface area contributed by atoms with Gasteiger partial charge in [0.25, 0.3) is 5.91 Å². The van der Waals surface area contributed by atoms with E-state index < -0.39 is 0 Å². The Hall–Kier alpha value is -4.23. The van der Waals surface area contributed by atoms with E-state index in [2.05, 4.69) is 38.1 Å². The number of anilines is 1. The maximum atomic E-state index is 14.8. The Balaban J connectivity index is 1.22. The quantitative estimate of drug-likeness (QED) is 0.409. The lowest BCUT2D eigenvalue weighted by atomic mass is 9.98. The molecular weight excluding hydrogens is 523 g/mol. The number of benzene rings is 2. The van der Waals surface area contributed by atoms with Gasteiger partial charge in [-0.3, -0.25) is 4.79 Å². The monoisotopic (exact) mass is 558 g/mol. The third kappa shape index (κ3) is 6.41. The number of likely N-dealkylation sites (tertiary alicyclic amines) is 1. The first-order chi connectivity index (χ1) is 19.8. The average molecular weight is 559 g/mol. The van der Waals surface area contributed by atoms with Gasteiger partial charge < -0.3 is 24.6 Å². The van der Waals surface area contributed by atoms with Crippen molar-refractivity contribution in [2.24, 2.45) is 0 Å². The average Bonchev–Trinajstić information content (AvgIpc) is 3.45. The summed E-state index contributed by atoms with van der Waals surface area (Å²) in [7, 11) is 0. The van der Waals surface area contributed by atoms with E-state index in [0.717, 1.165) is 38.0 Å². The number of nitrogens with zero attached hydrogens (tertiary/aromatic N) is 5. The molecule has 214 valence electrons. The first kappa shape index (κ1) is 28.3. The summed E-state index contributed by atoms with van der Waals surface area (Å²) in [5.74, 6) is 0.917. The van der Waals surface area contributed by atoms with Crippen LogP contribution in [0.1, 0.15) is 59.1 Å². The lowest BCUT2D eigenvalue weighted by molar-refractivity contribution is 0.0943. The number of amides is 1. The Kier molecular flexibility index (Phi) is 8.64. The molecule has 2 aromatic carbocycles. The first-order valence-corrected chi connectivity index (χ1v) is 14.0. The van der Waals surface area contributed by atoms with Crippen molar-refractivity contribution in [2.45, 2.75) is 58.7 Å². The van der Waals surface area contributed by atoms with Crippen molar-refractivity contribution in [3.8, 4) is 17.6 Å². The van der Waals surface area contributed by atoms with Crippen LogP contribution in [0.15, 0.2) is 42.7 Å². The van der Waals surface area contributed by atoms with Crippen molar-refractivity contribution in [1.82, 2.24) is 20.2 Å². The molecule has 0 bridgehead atoms. The maximum Gasteiger partial charge on any atom is 0.254 e. The van der Waals surface area contributed by atoms with Gasteiger partial charge in [-0.25, -0.2) is 14.4 Å². The van der Waals surface area contributed by atoms with Crippen LogP contribution in [0.25, 0.3) is 0 Å². The van der Waals surface area contributed by atoms with E-state index >= 15 is 0 Å². The number of fused-ring (bicyclic) bond motifs is 1. The summed E-state index contributed by atoms with van der Waals surface area (Å²) in [6.45, 7) is 8.68. The number of nitrogens with one attached hydrogen (secondary N) is 1. The minimum atomic E-state index is -0.324. The fraction of sp³-hybridized carbons (Fsp3) is 0.419. The van der Waals surface area contributed by atoms with Crippen molar-refractivity contribution in [2.75, 3.05) is 31.3 Å². The molecule has 2 aliphatic heterocycles. The molecule has 3 aromatic rings. The van der Waals surface area contributed by atoms with E-state index in [4.69, 9.17) is 9.47 Å². The smallest absolute Gasteiger partial charge is 0.254 e. The minimum Gasteiger partial charge on any atom is -0.454 e. The molecule has 0 saturated carbocycles. The van der Waals surface area contributed by atoms with Crippen molar-refractivity contribution < 1.29 is 18.7 Å². The molecule has 0 spiro atoms. The van der Waals surface area contributed by atoms with Crippen molar-refractivity contribution in [3.63, 3.8) is 0 Å². The number of halogens is 1. The predicted octanol–water partition coefficient (Wildman–Crippen LogP) is 4.51. The van der Waals surface area contributed by atoms with Gasteiger partial charge in [-0.05, 0) is 70.4 Å². The van der Waals surface area contributed by atoms with Crippen LogP contribution in [0.2, 0.25) is 0 Å². The number of rotatable bonds is 9. The fourth-order valence-corrected chi connectivity index (χ4v) is 5.67. The highest BCUT2D eigenvalue weighted by molar-refractivity contribution is 5.96. The number of nitriles is 1. The van der Waals surface area contributed by atoms with E-state index in [0.29, 0.717) is 52.7 Å². The number of aryl methyl sites for hydroxylation is 2. The third-order valence-corrected chi connectivity index (χ3v) is 8.07. The number of carbonyl (C=O) groups is 1. The molecule has 1 unspecified atom stereocenters. The van der Waals surface area contributed by atoms with Crippen LogP contribution in [0.5, 0.6) is 11.5 Å². The third-order valence-electron chi connectivity index (χ3n) is 8.07. The van der Waals surface area contributed by atoms with Crippen LogP contribution < -0.4 is 19.7 Å². The summed E-state index contributed by atoms with van der Waals surface area (Å²) in [5, 5.41) is 12.4. The number of hydrogen-bond donors (Lipinski definition) is 1. The molecule has 10 heteroatoms. The van der Waals surface area contributed by atoms with Crippen LogP contribution in [-0.2, 0) is 6.54 Å². The molecule has 0 aliphatic carbocycles. The number of ether oxygens (including phenoxy) is 2. The Labute approximate surface area is 239 Å². The summed E-state index contributed by atoms with van der Waals surface area (Å²) in [6.07, 6.45) is 4.08.